The molecule has 2 aromatic heterocycles. The summed E-state index contributed by atoms with van der Waals surface area (Å²) in [6.07, 6.45) is 1.82. The van der Waals surface area contributed by atoms with Gasteiger partial charge in [-0.2, -0.15) is 5.10 Å². The number of nitrogen functional groups attached to an aromatic ring is 1. The van der Waals surface area contributed by atoms with Crippen LogP contribution in [0, 0.1) is 0 Å². The summed E-state index contributed by atoms with van der Waals surface area (Å²) < 4.78 is 5.54. The molecule has 0 fully saturated rings. The van der Waals surface area contributed by atoms with Crippen molar-refractivity contribution in [3.05, 3.63) is 47.9 Å². The van der Waals surface area contributed by atoms with Crippen molar-refractivity contribution < 1.29 is 4.42 Å². The summed E-state index contributed by atoms with van der Waals surface area (Å²) in [7, 11) is 2.05. The first-order chi connectivity index (χ1) is 9.22. The van der Waals surface area contributed by atoms with E-state index in [9.17, 15) is 0 Å². The maximum atomic E-state index is 5.59. The second kappa shape index (κ2) is 4.78. The second-order valence-corrected chi connectivity index (χ2v) is 4.75. The van der Waals surface area contributed by atoms with Crippen molar-refractivity contribution in [1.82, 2.24) is 15.1 Å². The average molecular weight is 256 g/mol. The summed E-state index contributed by atoms with van der Waals surface area (Å²) in [4.78, 5) is 2.18. The zero-order valence-corrected chi connectivity index (χ0v) is 10.8. The average Bonchev–Trinajstić information content (AvgIpc) is 2.97. The van der Waals surface area contributed by atoms with E-state index in [-0.39, 0.29) is 0 Å². The molecule has 0 aliphatic carbocycles. The molecule has 0 spiro atoms. The SMILES string of the molecule is CN(Cc1cc(N)n[nH]1)Cc1coc2ccccc12. The molecule has 0 amide bonds. The molecule has 0 bridgehead atoms. The fourth-order valence-corrected chi connectivity index (χ4v) is 2.25. The topological polar surface area (TPSA) is 71.1 Å². The molecule has 0 saturated carbocycles. The first-order valence-corrected chi connectivity index (χ1v) is 6.16. The number of fused-ring (bicyclic) bond motifs is 1. The first kappa shape index (κ1) is 11.8. The maximum absolute atomic E-state index is 5.59. The zero-order chi connectivity index (χ0) is 13.2. The van der Waals surface area contributed by atoms with Gasteiger partial charge in [0.1, 0.15) is 11.4 Å². The van der Waals surface area contributed by atoms with Crippen molar-refractivity contribution in [2.45, 2.75) is 13.1 Å². The number of aromatic nitrogens is 2. The highest BCUT2D eigenvalue weighted by atomic mass is 16.3. The largest absolute Gasteiger partial charge is 0.464 e. The molecule has 0 saturated heterocycles. The number of nitrogens with one attached hydrogen (secondary N) is 1. The van der Waals surface area contributed by atoms with Crippen LogP contribution >= 0.6 is 0 Å². The lowest BCUT2D eigenvalue weighted by Gasteiger charge is -2.14. The van der Waals surface area contributed by atoms with Crippen LogP contribution < -0.4 is 5.73 Å². The van der Waals surface area contributed by atoms with Crippen LogP contribution in [0.3, 0.4) is 0 Å². The Morgan fingerprint density at radius 1 is 1.32 bits per heavy atom. The Kier molecular flexibility index (Phi) is 2.97. The smallest absolute Gasteiger partial charge is 0.145 e. The number of nitrogens with two attached hydrogens (primary N) is 1. The van der Waals surface area contributed by atoms with Crippen LogP contribution in [0.1, 0.15) is 11.3 Å². The van der Waals surface area contributed by atoms with Gasteiger partial charge in [-0.25, -0.2) is 0 Å². The minimum atomic E-state index is 0.525. The molecule has 5 nitrogen and oxygen atoms in total. The number of hydrogen-bond donors (Lipinski definition) is 2. The normalized spacial score (nSPS) is 11.5. The van der Waals surface area contributed by atoms with Gasteiger partial charge in [0.05, 0.1) is 12.0 Å². The van der Waals surface area contributed by atoms with E-state index in [1.54, 1.807) is 0 Å². The molecule has 0 aliphatic heterocycles. The van der Waals surface area contributed by atoms with E-state index in [0.717, 1.165) is 24.4 Å². The summed E-state index contributed by atoms with van der Waals surface area (Å²) in [5.74, 6) is 0.525. The number of aromatic amines is 1. The predicted octanol–water partition coefficient (Wildman–Crippen LogP) is 2.37. The van der Waals surface area contributed by atoms with E-state index in [2.05, 4.69) is 28.2 Å². The lowest BCUT2D eigenvalue weighted by molar-refractivity contribution is 0.314. The highest BCUT2D eigenvalue weighted by Crippen LogP contribution is 2.22. The first-order valence-electron chi connectivity index (χ1n) is 6.16. The summed E-state index contributed by atoms with van der Waals surface area (Å²) >= 11 is 0. The molecule has 19 heavy (non-hydrogen) atoms. The molecule has 98 valence electrons. The molecule has 2 heterocycles. The summed E-state index contributed by atoms with van der Waals surface area (Å²) in [5, 5.41) is 8.00. The maximum Gasteiger partial charge on any atom is 0.145 e. The van der Waals surface area contributed by atoms with E-state index in [4.69, 9.17) is 10.2 Å². The van der Waals surface area contributed by atoms with Crippen LogP contribution in [-0.4, -0.2) is 22.1 Å². The Balaban J connectivity index is 1.74. The summed E-state index contributed by atoms with van der Waals surface area (Å²) in [5.41, 5.74) is 8.71. The lowest BCUT2D eigenvalue weighted by Crippen LogP contribution is -2.17. The lowest BCUT2D eigenvalue weighted by atomic mass is 10.1. The van der Waals surface area contributed by atoms with E-state index < -0.39 is 0 Å². The quantitative estimate of drug-likeness (QED) is 0.751. The highest BCUT2D eigenvalue weighted by Gasteiger charge is 2.09. The molecule has 5 heteroatoms. The highest BCUT2D eigenvalue weighted by molar-refractivity contribution is 5.80. The molecule has 0 aliphatic rings. The Morgan fingerprint density at radius 3 is 2.95 bits per heavy atom. The van der Waals surface area contributed by atoms with Gasteiger partial charge >= 0.3 is 0 Å². The second-order valence-electron chi connectivity index (χ2n) is 4.75. The number of benzene rings is 1. The van der Waals surface area contributed by atoms with Crippen molar-refractivity contribution in [3.8, 4) is 0 Å². The standard InChI is InChI=1S/C14H16N4O/c1-18(8-11-6-14(15)17-16-11)7-10-9-19-13-5-3-2-4-12(10)13/h2-6,9H,7-8H2,1H3,(H3,15,16,17). The molecular formula is C14H16N4O. The van der Waals surface area contributed by atoms with E-state index in [1.165, 1.54) is 10.9 Å². The number of H-pyrrole nitrogens is 1. The van der Waals surface area contributed by atoms with Crippen molar-refractivity contribution in [3.63, 3.8) is 0 Å². The number of para-hydroxylation sites is 1. The third-order valence-electron chi connectivity index (χ3n) is 3.09. The van der Waals surface area contributed by atoms with E-state index >= 15 is 0 Å². The van der Waals surface area contributed by atoms with Crippen molar-refractivity contribution >= 4 is 16.8 Å². The Bertz CT molecular complexity index is 685. The van der Waals surface area contributed by atoms with Gasteiger partial charge in [-0.05, 0) is 13.1 Å². The fraction of sp³-hybridized carbons (Fsp3) is 0.214. The minimum absolute atomic E-state index is 0.525. The van der Waals surface area contributed by atoms with E-state index in [0.29, 0.717) is 5.82 Å². The number of anilines is 1. The van der Waals surface area contributed by atoms with Crippen LogP contribution in [0.25, 0.3) is 11.0 Å². The predicted molar refractivity (Wildman–Crippen MR) is 74.4 cm³/mol. The molecular weight excluding hydrogens is 240 g/mol. The van der Waals surface area contributed by atoms with Crippen molar-refractivity contribution in [2.75, 3.05) is 12.8 Å². The van der Waals surface area contributed by atoms with Crippen molar-refractivity contribution in [1.29, 1.82) is 0 Å². The van der Waals surface area contributed by atoms with Gasteiger partial charge in [-0.1, -0.05) is 18.2 Å². The fourth-order valence-electron chi connectivity index (χ4n) is 2.25. The Morgan fingerprint density at radius 2 is 2.16 bits per heavy atom. The number of hydrogen-bond acceptors (Lipinski definition) is 4. The minimum Gasteiger partial charge on any atom is -0.464 e. The zero-order valence-electron chi connectivity index (χ0n) is 10.8. The van der Waals surface area contributed by atoms with Crippen LogP contribution in [0.2, 0.25) is 0 Å². The van der Waals surface area contributed by atoms with Gasteiger partial charge in [0.15, 0.2) is 0 Å². The van der Waals surface area contributed by atoms with Gasteiger partial charge in [-0.15, -0.1) is 0 Å². The summed E-state index contributed by atoms with van der Waals surface area (Å²) in [6.45, 7) is 1.58. The molecule has 3 aromatic rings. The Hall–Kier alpha value is -2.27. The van der Waals surface area contributed by atoms with Gasteiger partial charge in [0, 0.05) is 30.1 Å². The molecule has 0 radical (unpaired) electrons. The van der Waals surface area contributed by atoms with Gasteiger partial charge in [-0.3, -0.25) is 10.00 Å². The number of furan rings is 1. The molecule has 1 aromatic carbocycles. The Labute approximate surface area is 111 Å². The molecule has 0 unspecified atom stereocenters. The molecule has 3 N–H and O–H groups in total. The molecule has 3 rings (SSSR count). The van der Waals surface area contributed by atoms with Crippen LogP contribution in [-0.2, 0) is 13.1 Å². The third-order valence-corrected chi connectivity index (χ3v) is 3.09. The van der Waals surface area contributed by atoms with Crippen molar-refractivity contribution in [2.24, 2.45) is 0 Å². The molecule has 0 atom stereocenters. The van der Waals surface area contributed by atoms with Gasteiger partial charge in [0.2, 0.25) is 0 Å². The van der Waals surface area contributed by atoms with Gasteiger partial charge in [0.25, 0.3) is 0 Å². The third kappa shape index (κ3) is 2.46. The van der Waals surface area contributed by atoms with Crippen LogP contribution in [0.15, 0.2) is 41.0 Å². The van der Waals surface area contributed by atoms with Gasteiger partial charge < -0.3 is 10.2 Å². The monoisotopic (exact) mass is 256 g/mol. The number of rotatable bonds is 4. The van der Waals surface area contributed by atoms with Crippen LogP contribution in [0.4, 0.5) is 5.82 Å². The van der Waals surface area contributed by atoms with Crippen LogP contribution in [0.5, 0.6) is 0 Å². The number of nitrogens with zero attached hydrogens (tertiary/aromatic N) is 2. The summed E-state index contributed by atoms with van der Waals surface area (Å²) in [6, 6.07) is 9.91. The van der Waals surface area contributed by atoms with E-state index in [1.807, 2.05) is 30.5 Å².